The Bertz CT molecular complexity index is 292. The summed E-state index contributed by atoms with van der Waals surface area (Å²) in [6.07, 6.45) is 2.32. The van der Waals surface area contributed by atoms with Gasteiger partial charge in [-0.15, -0.1) is 0 Å². The first kappa shape index (κ1) is 5.42. The van der Waals surface area contributed by atoms with Crippen LogP contribution in [-0.2, 0) is 0 Å². The van der Waals surface area contributed by atoms with Gasteiger partial charge in [-0.3, -0.25) is 4.79 Å². The minimum atomic E-state index is 0.248. The highest BCUT2D eigenvalue weighted by atomic mass is 16.1. The molecule has 1 nitrogen and oxygen atoms in total. The van der Waals surface area contributed by atoms with E-state index in [9.17, 15) is 4.79 Å². The molecule has 0 saturated heterocycles. The lowest BCUT2D eigenvalue weighted by atomic mass is 10.1. The quantitative estimate of drug-likeness (QED) is 0.565. The normalized spacial score (nSPS) is 10.2. The van der Waals surface area contributed by atoms with E-state index in [1.807, 2.05) is 0 Å². The minimum Gasteiger partial charge on any atom is -0.298 e. The molecule has 0 atom stereocenters. The van der Waals surface area contributed by atoms with E-state index in [0.717, 1.165) is 5.56 Å². The molecular weight excluding hydrogens is 124 g/mol. The van der Waals surface area contributed by atoms with Crippen LogP contribution in [0, 0.1) is 0 Å². The molecule has 50 valence electrons. The van der Waals surface area contributed by atoms with Crippen molar-refractivity contribution in [3.8, 4) is 0 Å². The van der Waals surface area contributed by atoms with Crippen molar-refractivity contribution in [1.29, 1.82) is 0 Å². The van der Waals surface area contributed by atoms with Crippen LogP contribution in [0.3, 0.4) is 0 Å². The molecule has 0 N–H and O–H groups in total. The first-order valence-electron chi connectivity index (χ1n) is 3.46. The predicted molar refractivity (Wildman–Crippen MR) is 41.9 cm³/mol. The van der Waals surface area contributed by atoms with Crippen LogP contribution >= 0.6 is 0 Å². The highest BCUT2D eigenvalue weighted by Gasteiger charge is 1.86. The van der Waals surface area contributed by atoms with E-state index in [0.29, 0.717) is 11.8 Å². The lowest BCUT2D eigenvalue weighted by molar-refractivity contribution is 0.112. The zero-order valence-corrected chi connectivity index (χ0v) is 5.50. The molecule has 0 saturated carbocycles. The SMILES string of the molecule is [2H]c1cc(C=C)ccc1C=O. The number of aldehydes is 1. The van der Waals surface area contributed by atoms with E-state index >= 15 is 0 Å². The second-order valence-corrected chi connectivity index (χ2v) is 1.90. The standard InChI is InChI=1S/C9H8O/c1-2-8-3-5-9(7-10)6-4-8/h2-7H,1H2/i5D. The molecular formula is C9H8O. The zero-order valence-electron chi connectivity index (χ0n) is 6.50. The van der Waals surface area contributed by atoms with E-state index in [1.54, 1.807) is 24.3 Å². The summed E-state index contributed by atoms with van der Waals surface area (Å²) in [4.78, 5) is 10.3. The second-order valence-electron chi connectivity index (χ2n) is 1.90. The molecule has 0 fully saturated rings. The van der Waals surface area contributed by atoms with Gasteiger partial charge in [-0.2, -0.15) is 0 Å². The molecule has 1 rings (SSSR count). The molecule has 0 heterocycles. The number of benzene rings is 1. The Labute approximate surface area is 61.4 Å². The van der Waals surface area contributed by atoms with Crippen molar-refractivity contribution < 1.29 is 6.17 Å². The van der Waals surface area contributed by atoms with Crippen molar-refractivity contribution in [3.05, 3.63) is 41.9 Å². The fourth-order valence-corrected chi connectivity index (χ4v) is 0.649. The molecule has 0 bridgehead atoms. The fraction of sp³-hybridized carbons (Fsp3) is 0. The molecule has 0 radical (unpaired) electrons. The van der Waals surface area contributed by atoms with Gasteiger partial charge in [0.2, 0.25) is 0 Å². The van der Waals surface area contributed by atoms with Crippen molar-refractivity contribution >= 4 is 12.4 Å². The molecule has 0 aromatic heterocycles. The molecule has 0 aliphatic rings. The summed E-state index contributed by atoms with van der Waals surface area (Å²) in [5, 5.41) is 0. The van der Waals surface area contributed by atoms with Gasteiger partial charge in [0.15, 0.2) is 0 Å². The summed E-state index contributed by atoms with van der Waals surface area (Å²) in [6, 6.07) is 5.23. The van der Waals surface area contributed by atoms with Crippen LogP contribution in [0.1, 0.15) is 17.3 Å². The summed E-state index contributed by atoms with van der Waals surface area (Å²) in [7, 11) is 0. The predicted octanol–water partition coefficient (Wildman–Crippen LogP) is 2.14. The largest absolute Gasteiger partial charge is 0.298 e. The van der Waals surface area contributed by atoms with E-state index < -0.39 is 0 Å². The summed E-state index contributed by atoms with van der Waals surface area (Å²) in [5.41, 5.74) is 1.27. The molecule has 0 spiro atoms. The third-order valence-corrected chi connectivity index (χ3v) is 1.22. The zero-order chi connectivity index (χ0) is 8.27. The molecule has 0 amide bonds. The van der Waals surface area contributed by atoms with Gasteiger partial charge >= 0.3 is 0 Å². The van der Waals surface area contributed by atoms with Gasteiger partial charge in [-0.25, -0.2) is 0 Å². The van der Waals surface area contributed by atoms with Gasteiger partial charge in [0, 0.05) is 5.56 Å². The third-order valence-electron chi connectivity index (χ3n) is 1.22. The van der Waals surface area contributed by atoms with Crippen molar-refractivity contribution in [3.63, 3.8) is 0 Å². The van der Waals surface area contributed by atoms with Gasteiger partial charge in [-0.1, -0.05) is 36.9 Å². The number of hydrogen-bond donors (Lipinski definition) is 0. The molecule has 0 unspecified atom stereocenters. The van der Waals surface area contributed by atoms with Crippen LogP contribution < -0.4 is 0 Å². The molecule has 1 heteroatoms. The van der Waals surface area contributed by atoms with Crippen molar-refractivity contribution in [2.45, 2.75) is 0 Å². The Morgan fingerprint density at radius 3 is 2.60 bits per heavy atom. The topological polar surface area (TPSA) is 17.1 Å². The average Bonchev–Trinajstić information content (AvgIpc) is 2.04. The monoisotopic (exact) mass is 133 g/mol. The number of rotatable bonds is 2. The molecule has 1 aromatic carbocycles. The molecule has 0 aliphatic heterocycles. The van der Waals surface area contributed by atoms with Crippen LogP contribution in [0.5, 0.6) is 0 Å². The van der Waals surface area contributed by atoms with Crippen LogP contribution in [-0.4, -0.2) is 6.29 Å². The van der Waals surface area contributed by atoms with E-state index in [2.05, 4.69) is 6.58 Å². The van der Waals surface area contributed by atoms with Crippen LogP contribution in [0.25, 0.3) is 6.08 Å². The van der Waals surface area contributed by atoms with Gasteiger partial charge in [0.25, 0.3) is 0 Å². The summed E-state index contributed by atoms with van der Waals surface area (Å²) in [6.45, 7) is 3.56. The van der Waals surface area contributed by atoms with Gasteiger partial charge in [0.05, 0.1) is 1.37 Å². The number of hydrogen-bond acceptors (Lipinski definition) is 1. The Morgan fingerprint density at radius 1 is 1.40 bits per heavy atom. The maximum Gasteiger partial charge on any atom is 0.150 e. The Balaban J connectivity index is 3.18. The lowest BCUT2D eigenvalue weighted by Crippen LogP contribution is -1.77. The van der Waals surface area contributed by atoms with Crippen molar-refractivity contribution in [1.82, 2.24) is 0 Å². The summed E-state index contributed by atoms with van der Waals surface area (Å²) in [5.74, 6) is 0. The lowest BCUT2D eigenvalue weighted by Gasteiger charge is -1.90. The number of carbonyl (C=O) groups is 1. The second kappa shape index (κ2) is 2.97. The maximum atomic E-state index is 10.3. The summed E-state index contributed by atoms with van der Waals surface area (Å²) < 4.78 is 7.34. The van der Waals surface area contributed by atoms with E-state index in [4.69, 9.17) is 1.37 Å². The van der Waals surface area contributed by atoms with Crippen molar-refractivity contribution in [2.24, 2.45) is 0 Å². The fourth-order valence-electron chi connectivity index (χ4n) is 0.649. The number of carbonyl (C=O) groups excluding carboxylic acids is 1. The highest BCUT2D eigenvalue weighted by Crippen LogP contribution is 2.02. The van der Waals surface area contributed by atoms with Gasteiger partial charge < -0.3 is 0 Å². The summed E-state index contributed by atoms with van der Waals surface area (Å²) >= 11 is 0. The van der Waals surface area contributed by atoms with E-state index in [-0.39, 0.29) is 6.04 Å². The smallest absolute Gasteiger partial charge is 0.150 e. The first-order chi connectivity index (χ1) is 5.27. The third kappa shape index (κ3) is 1.32. The van der Waals surface area contributed by atoms with Crippen LogP contribution in [0.4, 0.5) is 0 Å². The van der Waals surface area contributed by atoms with Crippen LogP contribution in [0.2, 0.25) is 0 Å². The van der Waals surface area contributed by atoms with Gasteiger partial charge in [0.1, 0.15) is 6.29 Å². The molecule has 1 aromatic rings. The molecule has 0 aliphatic carbocycles. The maximum absolute atomic E-state index is 10.3. The molecule has 10 heavy (non-hydrogen) atoms. The Hall–Kier alpha value is -1.37. The highest BCUT2D eigenvalue weighted by molar-refractivity contribution is 5.75. The van der Waals surface area contributed by atoms with E-state index in [1.165, 1.54) is 0 Å². The average molecular weight is 133 g/mol. The van der Waals surface area contributed by atoms with Crippen molar-refractivity contribution in [2.75, 3.05) is 0 Å². The Morgan fingerprint density at radius 2 is 2.10 bits per heavy atom. The first-order valence-corrected chi connectivity index (χ1v) is 2.96. The minimum absolute atomic E-state index is 0.248. The van der Waals surface area contributed by atoms with Gasteiger partial charge in [-0.05, 0) is 5.56 Å². The Kier molecular flexibility index (Phi) is 1.61. The van der Waals surface area contributed by atoms with Crippen LogP contribution in [0.15, 0.2) is 30.8 Å².